The summed E-state index contributed by atoms with van der Waals surface area (Å²) < 4.78 is 10.3. The molecule has 0 saturated heterocycles. The van der Waals surface area contributed by atoms with E-state index in [0.29, 0.717) is 22.4 Å². The molecule has 10 heteroatoms. The SMILES string of the molecule is Cc1c(NC(=O)OC(C)(C)C)ccc(C[C@@H](NC(=O)OCc2ccccc2)C(=O)O)c1CO.Cl. The average molecular weight is 495 g/mol. The van der Waals surface area contributed by atoms with E-state index >= 15 is 0 Å². The first-order valence-electron chi connectivity index (χ1n) is 10.4. The maximum absolute atomic E-state index is 12.1. The normalized spacial score (nSPS) is 11.6. The third-order valence-electron chi connectivity index (χ3n) is 4.72. The van der Waals surface area contributed by atoms with Gasteiger partial charge in [0.1, 0.15) is 18.2 Å². The van der Waals surface area contributed by atoms with Crippen molar-refractivity contribution in [2.45, 2.75) is 59.0 Å². The fourth-order valence-electron chi connectivity index (χ4n) is 3.10. The second-order valence-corrected chi connectivity index (χ2v) is 8.46. The van der Waals surface area contributed by atoms with Crippen molar-refractivity contribution in [3.8, 4) is 0 Å². The summed E-state index contributed by atoms with van der Waals surface area (Å²) in [4.78, 5) is 35.9. The number of rotatable bonds is 8. The van der Waals surface area contributed by atoms with E-state index in [1.54, 1.807) is 64.1 Å². The van der Waals surface area contributed by atoms with Crippen LogP contribution in [0.3, 0.4) is 0 Å². The van der Waals surface area contributed by atoms with Crippen molar-refractivity contribution in [1.29, 1.82) is 0 Å². The van der Waals surface area contributed by atoms with E-state index in [9.17, 15) is 24.6 Å². The van der Waals surface area contributed by atoms with Crippen molar-refractivity contribution in [1.82, 2.24) is 5.32 Å². The highest BCUT2D eigenvalue weighted by Gasteiger charge is 2.24. The zero-order valence-corrected chi connectivity index (χ0v) is 20.4. The van der Waals surface area contributed by atoms with Gasteiger partial charge in [-0.05, 0) is 56.0 Å². The van der Waals surface area contributed by atoms with Crippen LogP contribution in [0, 0.1) is 6.92 Å². The van der Waals surface area contributed by atoms with Crippen LogP contribution >= 0.6 is 12.4 Å². The fourth-order valence-corrected chi connectivity index (χ4v) is 3.10. The molecule has 0 aliphatic rings. The van der Waals surface area contributed by atoms with E-state index in [1.165, 1.54) is 0 Å². The Bertz CT molecular complexity index is 991. The van der Waals surface area contributed by atoms with Gasteiger partial charge in [0, 0.05) is 12.1 Å². The number of aliphatic hydroxyl groups excluding tert-OH is 1. The molecule has 1 atom stereocenters. The summed E-state index contributed by atoms with van der Waals surface area (Å²) in [5.41, 5.74) is 2.06. The summed E-state index contributed by atoms with van der Waals surface area (Å²) in [5, 5.41) is 24.4. The van der Waals surface area contributed by atoms with Crippen LogP contribution in [0.15, 0.2) is 42.5 Å². The number of aliphatic carboxylic acids is 1. The van der Waals surface area contributed by atoms with E-state index in [-0.39, 0.29) is 32.0 Å². The van der Waals surface area contributed by atoms with Crippen molar-refractivity contribution in [2.75, 3.05) is 5.32 Å². The second-order valence-electron chi connectivity index (χ2n) is 8.46. The van der Waals surface area contributed by atoms with Crippen molar-refractivity contribution in [2.24, 2.45) is 0 Å². The molecule has 2 rings (SSSR count). The highest BCUT2D eigenvalue weighted by molar-refractivity contribution is 5.86. The lowest BCUT2D eigenvalue weighted by Crippen LogP contribution is -2.42. The van der Waals surface area contributed by atoms with Gasteiger partial charge in [-0.1, -0.05) is 36.4 Å². The molecule has 0 spiro atoms. The molecular weight excluding hydrogens is 464 g/mol. The first kappa shape index (κ1) is 28.7. The molecule has 34 heavy (non-hydrogen) atoms. The molecule has 2 aromatic carbocycles. The molecule has 0 aromatic heterocycles. The summed E-state index contributed by atoms with van der Waals surface area (Å²) in [6.45, 7) is 6.54. The van der Waals surface area contributed by atoms with Gasteiger partial charge < -0.3 is 25.0 Å². The third-order valence-corrected chi connectivity index (χ3v) is 4.72. The van der Waals surface area contributed by atoms with Crippen LogP contribution in [-0.4, -0.2) is 40.0 Å². The molecule has 0 aliphatic heterocycles. The predicted octanol–water partition coefficient (Wildman–Crippen LogP) is 4.18. The van der Waals surface area contributed by atoms with Gasteiger partial charge in [0.05, 0.1) is 6.61 Å². The standard InChI is InChI=1S/C24H30N2O7.ClH/c1-15-18(13-27)17(10-11-19(15)25-23(31)33-24(2,3)4)12-20(21(28)29)26-22(30)32-14-16-8-6-5-7-9-16;/h5-11,20,27H,12-14H2,1-4H3,(H,25,31)(H,26,30)(H,28,29);1H/t20-;/m1./s1. The Morgan fingerprint density at radius 3 is 2.24 bits per heavy atom. The number of benzene rings is 2. The zero-order chi connectivity index (χ0) is 24.6. The van der Waals surface area contributed by atoms with Crippen LogP contribution in [0.4, 0.5) is 15.3 Å². The van der Waals surface area contributed by atoms with E-state index in [4.69, 9.17) is 9.47 Å². The quantitative estimate of drug-likeness (QED) is 0.432. The van der Waals surface area contributed by atoms with Crippen LogP contribution < -0.4 is 10.6 Å². The number of ether oxygens (including phenoxy) is 2. The lowest BCUT2D eigenvalue weighted by Gasteiger charge is -2.22. The van der Waals surface area contributed by atoms with Gasteiger partial charge in [0.2, 0.25) is 0 Å². The Hall–Kier alpha value is -3.30. The molecule has 0 unspecified atom stereocenters. The Morgan fingerprint density at radius 2 is 1.68 bits per heavy atom. The molecule has 0 fully saturated rings. The largest absolute Gasteiger partial charge is 0.480 e. The van der Waals surface area contributed by atoms with Gasteiger partial charge >= 0.3 is 18.2 Å². The lowest BCUT2D eigenvalue weighted by molar-refractivity contribution is -0.139. The van der Waals surface area contributed by atoms with Gasteiger partial charge in [-0.15, -0.1) is 12.4 Å². The van der Waals surface area contributed by atoms with Crippen molar-refractivity contribution in [3.05, 3.63) is 64.7 Å². The lowest BCUT2D eigenvalue weighted by atomic mass is 9.95. The van der Waals surface area contributed by atoms with E-state index in [0.717, 1.165) is 5.56 Å². The number of alkyl carbamates (subject to hydrolysis) is 1. The summed E-state index contributed by atoms with van der Waals surface area (Å²) >= 11 is 0. The van der Waals surface area contributed by atoms with Crippen LogP contribution in [0.5, 0.6) is 0 Å². The molecule has 0 heterocycles. The molecule has 9 nitrogen and oxygen atoms in total. The number of aliphatic hydroxyl groups is 1. The van der Waals surface area contributed by atoms with E-state index < -0.39 is 29.8 Å². The number of carboxylic acid groups (broad SMARTS) is 1. The summed E-state index contributed by atoms with van der Waals surface area (Å²) in [7, 11) is 0. The van der Waals surface area contributed by atoms with Crippen molar-refractivity contribution >= 4 is 36.3 Å². The third kappa shape index (κ3) is 8.92. The minimum Gasteiger partial charge on any atom is -0.480 e. The fraction of sp³-hybridized carbons (Fsp3) is 0.375. The minimum absolute atomic E-state index is 0. The van der Waals surface area contributed by atoms with Gasteiger partial charge in [-0.2, -0.15) is 0 Å². The number of anilines is 1. The number of hydrogen-bond acceptors (Lipinski definition) is 6. The smallest absolute Gasteiger partial charge is 0.412 e. The van der Waals surface area contributed by atoms with Crippen molar-refractivity contribution in [3.63, 3.8) is 0 Å². The highest BCUT2D eigenvalue weighted by Crippen LogP contribution is 2.25. The van der Waals surface area contributed by atoms with E-state index in [2.05, 4.69) is 10.6 Å². The van der Waals surface area contributed by atoms with Crippen LogP contribution in [-0.2, 0) is 33.9 Å². The number of nitrogens with one attached hydrogen (secondary N) is 2. The minimum atomic E-state index is -1.28. The number of carbonyl (C=O) groups is 3. The first-order valence-corrected chi connectivity index (χ1v) is 10.4. The Morgan fingerprint density at radius 1 is 1.03 bits per heavy atom. The van der Waals surface area contributed by atoms with Crippen molar-refractivity contribution < 1.29 is 34.1 Å². The predicted molar refractivity (Wildman–Crippen MR) is 129 cm³/mol. The molecule has 2 amide bonds. The van der Waals surface area contributed by atoms with Crippen LogP contribution in [0.2, 0.25) is 0 Å². The van der Waals surface area contributed by atoms with Crippen LogP contribution in [0.25, 0.3) is 0 Å². The Balaban J connectivity index is 0.00000578. The van der Waals surface area contributed by atoms with Gasteiger partial charge in [0.25, 0.3) is 0 Å². The highest BCUT2D eigenvalue weighted by atomic mass is 35.5. The zero-order valence-electron chi connectivity index (χ0n) is 19.6. The molecular formula is C24H31ClN2O7. The molecule has 0 aliphatic carbocycles. The Kier molecular flexibility index (Phi) is 10.8. The van der Waals surface area contributed by atoms with Gasteiger partial charge in [-0.3, -0.25) is 5.32 Å². The van der Waals surface area contributed by atoms with Gasteiger partial charge in [0.15, 0.2) is 0 Å². The average Bonchev–Trinajstić information content (AvgIpc) is 2.73. The maximum Gasteiger partial charge on any atom is 0.412 e. The molecule has 0 bridgehead atoms. The molecule has 186 valence electrons. The summed E-state index contributed by atoms with van der Waals surface area (Å²) in [6, 6.07) is 10.9. The molecule has 0 radical (unpaired) electrons. The second kappa shape index (κ2) is 12.8. The topological polar surface area (TPSA) is 134 Å². The first-order chi connectivity index (χ1) is 15.5. The summed E-state index contributed by atoms with van der Waals surface area (Å²) in [6.07, 6.45) is -1.59. The van der Waals surface area contributed by atoms with Crippen LogP contribution in [0.1, 0.15) is 43.0 Å². The number of carboxylic acids is 1. The number of amides is 2. The monoisotopic (exact) mass is 494 g/mol. The van der Waals surface area contributed by atoms with Gasteiger partial charge in [-0.25, -0.2) is 14.4 Å². The Labute approximate surface area is 204 Å². The van der Waals surface area contributed by atoms with E-state index in [1.807, 2.05) is 6.07 Å². The maximum atomic E-state index is 12.1. The molecule has 2 aromatic rings. The summed E-state index contributed by atoms with van der Waals surface area (Å²) in [5.74, 6) is -1.25. The molecule has 0 saturated carbocycles. The molecule has 4 N–H and O–H groups in total. The number of hydrogen-bond donors (Lipinski definition) is 4. The number of carbonyl (C=O) groups excluding carboxylic acids is 2. The number of halogens is 1.